The highest BCUT2D eigenvalue weighted by Crippen LogP contribution is 2.21. The number of rotatable bonds is 3. The summed E-state index contributed by atoms with van der Waals surface area (Å²) in [7, 11) is 1.58. The van der Waals surface area contributed by atoms with Crippen molar-refractivity contribution in [1.82, 2.24) is 4.98 Å². The molecule has 0 N–H and O–H groups in total. The second kappa shape index (κ2) is 4.50. The molecule has 0 radical (unpaired) electrons. The number of hydrogen-bond donors (Lipinski definition) is 0. The lowest BCUT2D eigenvalue weighted by Gasteiger charge is -2.18. The average molecular weight is 251 g/mol. The van der Waals surface area contributed by atoms with Gasteiger partial charge in [-0.25, -0.2) is 13.8 Å². The third-order valence-electron chi connectivity index (χ3n) is 1.51. The van der Waals surface area contributed by atoms with E-state index in [9.17, 15) is 8.78 Å². The van der Waals surface area contributed by atoms with E-state index in [1.54, 1.807) is 25.4 Å². The first-order valence-electron chi connectivity index (χ1n) is 3.71. The first-order chi connectivity index (χ1) is 6.11. The first-order valence-corrected chi connectivity index (χ1v) is 4.50. The number of halogens is 3. The Bertz CT molecular complexity index is 281. The van der Waals surface area contributed by atoms with E-state index in [2.05, 4.69) is 20.9 Å². The van der Waals surface area contributed by atoms with E-state index in [0.717, 1.165) is 4.47 Å². The number of pyridine rings is 1. The van der Waals surface area contributed by atoms with Gasteiger partial charge in [0.1, 0.15) is 5.82 Å². The summed E-state index contributed by atoms with van der Waals surface area (Å²) in [4.78, 5) is 5.39. The molecule has 0 saturated heterocycles. The van der Waals surface area contributed by atoms with Gasteiger partial charge in [0.25, 0.3) is 6.43 Å². The van der Waals surface area contributed by atoms with Gasteiger partial charge in [-0.15, -0.1) is 0 Å². The average Bonchev–Trinajstić information content (AvgIpc) is 2.03. The highest BCUT2D eigenvalue weighted by Gasteiger charge is 2.11. The molecule has 1 heterocycles. The minimum absolute atomic E-state index is 0.310. The van der Waals surface area contributed by atoms with Gasteiger partial charge in [0.05, 0.1) is 11.0 Å². The molecule has 0 unspecified atom stereocenters. The Morgan fingerprint density at radius 1 is 1.62 bits per heavy atom. The zero-order chi connectivity index (χ0) is 9.84. The van der Waals surface area contributed by atoms with Crippen LogP contribution in [0.3, 0.4) is 0 Å². The number of aromatic nitrogens is 1. The van der Waals surface area contributed by atoms with Gasteiger partial charge in [-0.05, 0) is 28.1 Å². The number of anilines is 1. The number of nitrogens with zero attached hydrogens (tertiary/aromatic N) is 2. The highest BCUT2D eigenvalue weighted by atomic mass is 79.9. The molecule has 0 aliphatic rings. The van der Waals surface area contributed by atoms with E-state index in [1.807, 2.05) is 0 Å². The quantitative estimate of drug-likeness (QED) is 0.820. The van der Waals surface area contributed by atoms with E-state index in [1.165, 1.54) is 4.90 Å². The van der Waals surface area contributed by atoms with Crippen LogP contribution in [0.5, 0.6) is 0 Å². The fourth-order valence-electron chi connectivity index (χ4n) is 0.952. The third kappa shape index (κ3) is 2.91. The molecule has 1 rings (SSSR count). The maximum atomic E-state index is 12.0. The predicted octanol–water partition coefficient (Wildman–Crippen LogP) is 2.55. The highest BCUT2D eigenvalue weighted by molar-refractivity contribution is 9.10. The molecular weight excluding hydrogens is 242 g/mol. The molecule has 5 heteroatoms. The van der Waals surface area contributed by atoms with Crippen LogP contribution in [0.15, 0.2) is 22.8 Å². The molecule has 0 aromatic carbocycles. The van der Waals surface area contributed by atoms with Gasteiger partial charge < -0.3 is 4.90 Å². The molecule has 0 saturated carbocycles. The molecule has 0 fully saturated rings. The van der Waals surface area contributed by atoms with Gasteiger partial charge in [0.2, 0.25) is 0 Å². The largest absolute Gasteiger partial charge is 0.353 e. The molecule has 13 heavy (non-hydrogen) atoms. The molecule has 0 atom stereocenters. The van der Waals surface area contributed by atoms with Crippen LogP contribution >= 0.6 is 15.9 Å². The summed E-state index contributed by atoms with van der Waals surface area (Å²) in [6.45, 7) is -0.310. The van der Waals surface area contributed by atoms with Crippen molar-refractivity contribution in [3.05, 3.63) is 22.8 Å². The molecule has 0 amide bonds. The summed E-state index contributed by atoms with van der Waals surface area (Å²) < 4.78 is 24.8. The third-order valence-corrected chi connectivity index (χ3v) is 2.13. The summed E-state index contributed by atoms with van der Waals surface area (Å²) in [5.41, 5.74) is 0. The summed E-state index contributed by atoms with van der Waals surface area (Å²) in [6.07, 6.45) is -0.777. The van der Waals surface area contributed by atoms with Crippen LogP contribution < -0.4 is 4.90 Å². The molecule has 0 aliphatic heterocycles. The Kier molecular flexibility index (Phi) is 3.59. The molecule has 2 nitrogen and oxygen atoms in total. The summed E-state index contributed by atoms with van der Waals surface area (Å²) in [5, 5.41) is 0. The summed E-state index contributed by atoms with van der Waals surface area (Å²) in [5.74, 6) is 0.530. The lowest BCUT2D eigenvalue weighted by Crippen LogP contribution is -2.25. The van der Waals surface area contributed by atoms with E-state index >= 15 is 0 Å². The molecular formula is C8H9BrF2N2. The standard InChI is InChI=1S/C8H9BrF2N2/c1-13(5-7(10)11)8-6(9)3-2-4-12-8/h2-4,7H,5H2,1H3. The van der Waals surface area contributed by atoms with Gasteiger partial charge in [-0.2, -0.15) is 0 Å². The normalized spacial score (nSPS) is 10.5. The van der Waals surface area contributed by atoms with Crippen molar-refractivity contribution in [2.24, 2.45) is 0 Å². The Balaban J connectivity index is 2.76. The Morgan fingerprint density at radius 2 is 2.31 bits per heavy atom. The Morgan fingerprint density at radius 3 is 2.85 bits per heavy atom. The number of alkyl halides is 2. The van der Waals surface area contributed by atoms with E-state index in [4.69, 9.17) is 0 Å². The van der Waals surface area contributed by atoms with Gasteiger partial charge in [-0.1, -0.05) is 0 Å². The maximum absolute atomic E-state index is 12.0. The van der Waals surface area contributed by atoms with Gasteiger partial charge >= 0.3 is 0 Å². The van der Waals surface area contributed by atoms with Crippen molar-refractivity contribution >= 4 is 21.7 Å². The minimum atomic E-state index is -2.35. The maximum Gasteiger partial charge on any atom is 0.255 e. The molecule has 1 aromatic heterocycles. The molecule has 1 aromatic rings. The van der Waals surface area contributed by atoms with Crippen molar-refractivity contribution in [2.75, 3.05) is 18.5 Å². The van der Waals surface area contributed by atoms with Crippen LogP contribution in [0.2, 0.25) is 0 Å². The molecule has 0 bridgehead atoms. The van der Waals surface area contributed by atoms with Crippen LogP contribution in [-0.2, 0) is 0 Å². The zero-order valence-corrected chi connectivity index (χ0v) is 8.63. The van der Waals surface area contributed by atoms with Crippen molar-refractivity contribution in [1.29, 1.82) is 0 Å². The van der Waals surface area contributed by atoms with Crippen molar-refractivity contribution < 1.29 is 8.78 Å². The molecule has 0 aliphatic carbocycles. The van der Waals surface area contributed by atoms with Crippen LogP contribution in [0.25, 0.3) is 0 Å². The van der Waals surface area contributed by atoms with Gasteiger partial charge in [0.15, 0.2) is 0 Å². The lowest BCUT2D eigenvalue weighted by molar-refractivity contribution is 0.156. The second-order valence-electron chi connectivity index (χ2n) is 2.58. The topological polar surface area (TPSA) is 16.1 Å². The van der Waals surface area contributed by atoms with Crippen LogP contribution in [0.1, 0.15) is 0 Å². The van der Waals surface area contributed by atoms with Crippen LogP contribution in [0.4, 0.5) is 14.6 Å². The van der Waals surface area contributed by atoms with E-state index in [0.29, 0.717) is 5.82 Å². The second-order valence-corrected chi connectivity index (χ2v) is 3.43. The minimum Gasteiger partial charge on any atom is -0.353 e. The Labute approximate surface area is 83.7 Å². The zero-order valence-electron chi connectivity index (χ0n) is 7.04. The fourth-order valence-corrected chi connectivity index (χ4v) is 1.51. The number of hydrogen-bond acceptors (Lipinski definition) is 2. The van der Waals surface area contributed by atoms with Crippen molar-refractivity contribution in [2.45, 2.75) is 6.43 Å². The predicted molar refractivity (Wildman–Crippen MR) is 51.2 cm³/mol. The monoisotopic (exact) mass is 250 g/mol. The van der Waals surface area contributed by atoms with E-state index in [-0.39, 0.29) is 6.54 Å². The molecule has 0 spiro atoms. The van der Waals surface area contributed by atoms with Crippen LogP contribution in [-0.4, -0.2) is 25.0 Å². The summed E-state index contributed by atoms with van der Waals surface area (Å²) >= 11 is 3.24. The SMILES string of the molecule is CN(CC(F)F)c1ncccc1Br. The fraction of sp³-hybridized carbons (Fsp3) is 0.375. The first kappa shape index (κ1) is 10.4. The Hall–Kier alpha value is -0.710. The summed E-state index contributed by atoms with van der Waals surface area (Å²) in [6, 6.07) is 3.51. The van der Waals surface area contributed by atoms with Gasteiger partial charge in [-0.3, -0.25) is 0 Å². The smallest absolute Gasteiger partial charge is 0.255 e. The lowest BCUT2D eigenvalue weighted by atomic mass is 10.4. The van der Waals surface area contributed by atoms with Gasteiger partial charge in [0, 0.05) is 13.2 Å². The van der Waals surface area contributed by atoms with E-state index < -0.39 is 6.43 Å². The van der Waals surface area contributed by atoms with Crippen molar-refractivity contribution in [3.63, 3.8) is 0 Å². The van der Waals surface area contributed by atoms with Crippen molar-refractivity contribution in [3.8, 4) is 0 Å². The molecule has 72 valence electrons. The van der Waals surface area contributed by atoms with Crippen LogP contribution in [0, 0.1) is 0 Å².